The maximum absolute atomic E-state index is 12.1. The Hall–Kier alpha value is -3.03. The monoisotopic (exact) mass is 303 g/mol. The van der Waals surface area contributed by atoms with E-state index in [-0.39, 0.29) is 6.54 Å². The normalized spacial score (nSPS) is 14.0. The fourth-order valence-corrected chi connectivity index (χ4v) is 1.98. The van der Waals surface area contributed by atoms with Crippen LogP contribution in [0, 0.1) is 0 Å². The van der Waals surface area contributed by atoms with Gasteiger partial charge in [0.1, 0.15) is 6.42 Å². The number of hydrogen-bond donors (Lipinski definition) is 2. The molecule has 0 spiro atoms. The zero-order valence-electron chi connectivity index (χ0n) is 11.7. The molecule has 0 radical (unpaired) electrons. The highest BCUT2D eigenvalue weighted by Crippen LogP contribution is 2.21. The van der Waals surface area contributed by atoms with Crippen LogP contribution in [-0.4, -0.2) is 46.0 Å². The number of rotatable bonds is 5. The lowest BCUT2D eigenvalue weighted by Crippen LogP contribution is -2.35. The molecular formula is C14H13N3O5. The van der Waals surface area contributed by atoms with Gasteiger partial charge < -0.3 is 5.11 Å². The fraction of sp³-hybridized carbons (Fsp3) is 0.214. The van der Waals surface area contributed by atoms with Gasteiger partial charge in [0, 0.05) is 0 Å². The minimum Gasteiger partial charge on any atom is -0.481 e. The Bertz CT molecular complexity index is 660. The highest BCUT2D eigenvalue weighted by Gasteiger charge is 2.35. The van der Waals surface area contributed by atoms with Crippen LogP contribution >= 0.6 is 0 Å². The van der Waals surface area contributed by atoms with Crippen molar-refractivity contribution >= 4 is 29.4 Å². The molecule has 0 fully saturated rings. The lowest BCUT2D eigenvalue weighted by atomic mass is 10.1. The van der Waals surface area contributed by atoms with E-state index in [1.165, 1.54) is 6.92 Å². The fourth-order valence-electron chi connectivity index (χ4n) is 1.98. The van der Waals surface area contributed by atoms with Crippen molar-refractivity contribution in [2.75, 3.05) is 6.54 Å². The number of benzene rings is 1. The van der Waals surface area contributed by atoms with E-state index < -0.39 is 30.1 Å². The molecule has 0 bridgehead atoms. The van der Waals surface area contributed by atoms with Gasteiger partial charge in [0.05, 0.1) is 23.4 Å². The molecule has 8 nitrogen and oxygen atoms in total. The Kier molecular flexibility index (Phi) is 4.31. The molecule has 0 unspecified atom stereocenters. The molecule has 114 valence electrons. The van der Waals surface area contributed by atoms with Gasteiger partial charge in [-0.05, 0) is 19.1 Å². The molecule has 0 aliphatic carbocycles. The van der Waals surface area contributed by atoms with Crippen LogP contribution in [0.3, 0.4) is 0 Å². The molecule has 1 aromatic carbocycles. The smallest absolute Gasteiger partial charge is 0.312 e. The summed E-state index contributed by atoms with van der Waals surface area (Å²) in [7, 11) is 0. The summed E-state index contributed by atoms with van der Waals surface area (Å²) in [5.41, 5.74) is 3.01. The number of imide groups is 1. The molecule has 0 aromatic heterocycles. The van der Waals surface area contributed by atoms with Gasteiger partial charge in [0.25, 0.3) is 17.7 Å². The minimum atomic E-state index is -1.27. The van der Waals surface area contributed by atoms with E-state index in [9.17, 15) is 19.2 Å². The van der Waals surface area contributed by atoms with E-state index in [0.717, 1.165) is 4.90 Å². The van der Waals surface area contributed by atoms with Crippen LogP contribution in [-0.2, 0) is 9.59 Å². The average molecular weight is 303 g/mol. The van der Waals surface area contributed by atoms with Gasteiger partial charge in [-0.1, -0.05) is 12.1 Å². The van der Waals surface area contributed by atoms with Gasteiger partial charge in [0.15, 0.2) is 0 Å². The molecule has 2 rings (SSSR count). The number of amides is 3. The first-order valence-corrected chi connectivity index (χ1v) is 6.39. The lowest BCUT2D eigenvalue weighted by Gasteiger charge is -2.13. The van der Waals surface area contributed by atoms with E-state index in [2.05, 4.69) is 10.5 Å². The summed E-state index contributed by atoms with van der Waals surface area (Å²) in [5.74, 6) is -2.90. The Morgan fingerprint density at radius 1 is 1.18 bits per heavy atom. The summed E-state index contributed by atoms with van der Waals surface area (Å²) >= 11 is 0. The number of carbonyl (C=O) groups excluding carboxylic acids is 3. The Morgan fingerprint density at radius 3 is 2.23 bits per heavy atom. The Morgan fingerprint density at radius 2 is 1.73 bits per heavy atom. The van der Waals surface area contributed by atoms with Crippen molar-refractivity contribution in [2.24, 2.45) is 5.10 Å². The molecule has 2 N–H and O–H groups in total. The molecule has 0 saturated heterocycles. The molecule has 1 aliphatic heterocycles. The second-order valence-electron chi connectivity index (χ2n) is 4.69. The molecule has 1 aromatic rings. The first-order valence-electron chi connectivity index (χ1n) is 6.39. The summed E-state index contributed by atoms with van der Waals surface area (Å²) in [4.78, 5) is 46.7. The van der Waals surface area contributed by atoms with Crippen LogP contribution in [0.25, 0.3) is 0 Å². The average Bonchev–Trinajstić information content (AvgIpc) is 2.70. The van der Waals surface area contributed by atoms with E-state index in [4.69, 9.17) is 5.11 Å². The molecule has 0 atom stereocenters. The van der Waals surface area contributed by atoms with Gasteiger partial charge in [-0.3, -0.25) is 24.1 Å². The maximum Gasteiger partial charge on any atom is 0.312 e. The number of nitrogens with zero attached hydrogens (tertiary/aromatic N) is 2. The van der Waals surface area contributed by atoms with E-state index in [1.807, 2.05) is 0 Å². The number of hydrazone groups is 1. The van der Waals surface area contributed by atoms with Crippen molar-refractivity contribution in [3.63, 3.8) is 0 Å². The van der Waals surface area contributed by atoms with E-state index in [1.54, 1.807) is 24.3 Å². The maximum atomic E-state index is 12.1. The van der Waals surface area contributed by atoms with E-state index >= 15 is 0 Å². The van der Waals surface area contributed by atoms with Crippen LogP contribution in [0.5, 0.6) is 0 Å². The van der Waals surface area contributed by atoms with Gasteiger partial charge in [0.2, 0.25) is 0 Å². The van der Waals surface area contributed by atoms with Gasteiger partial charge in [-0.15, -0.1) is 0 Å². The van der Waals surface area contributed by atoms with Crippen LogP contribution in [0.15, 0.2) is 29.4 Å². The number of carbonyl (C=O) groups is 4. The van der Waals surface area contributed by atoms with Gasteiger partial charge in [-0.25, -0.2) is 5.43 Å². The predicted molar refractivity (Wildman–Crippen MR) is 75.3 cm³/mol. The van der Waals surface area contributed by atoms with Gasteiger partial charge >= 0.3 is 5.97 Å². The van der Waals surface area contributed by atoms with Crippen LogP contribution in [0.1, 0.15) is 34.1 Å². The third-order valence-electron chi connectivity index (χ3n) is 2.95. The van der Waals surface area contributed by atoms with Crippen molar-refractivity contribution in [1.29, 1.82) is 0 Å². The summed E-state index contributed by atoms with van der Waals surface area (Å²) in [6.07, 6.45) is -0.705. The minimum absolute atomic E-state index is 0.0836. The van der Waals surface area contributed by atoms with E-state index in [0.29, 0.717) is 16.8 Å². The Balaban J connectivity index is 2.03. The standard InChI is InChI=1S/C14H13N3O5/c1-8(15-16-11(18)6-12(19)20)7-17-13(21)9-4-2-3-5-10(9)14(17)22/h2-5H,6-7H2,1H3,(H,16,18)(H,19,20)/b15-8+. The SMILES string of the molecule is C/C(CN1C(=O)c2ccccc2C1=O)=N\NC(=O)CC(=O)O. The van der Waals surface area contributed by atoms with Crippen molar-refractivity contribution in [3.05, 3.63) is 35.4 Å². The van der Waals surface area contributed by atoms with Crippen molar-refractivity contribution in [3.8, 4) is 0 Å². The first-order chi connectivity index (χ1) is 10.4. The number of carboxylic acid groups (broad SMARTS) is 1. The summed E-state index contributed by atoms with van der Waals surface area (Å²) in [6.45, 7) is 1.43. The number of carboxylic acids is 1. The summed E-state index contributed by atoms with van der Waals surface area (Å²) < 4.78 is 0. The van der Waals surface area contributed by atoms with Crippen LogP contribution in [0.4, 0.5) is 0 Å². The van der Waals surface area contributed by atoms with Crippen LogP contribution in [0.2, 0.25) is 0 Å². The molecular weight excluding hydrogens is 290 g/mol. The zero-order chi connectivity index (χ0) is 16.3. The predicted octanol–water partition coefficient (Wildman–Crippen LogP) is 0.249. The molecule has 8 heteroatoms. The molecule has 22 heavy (non-hydrogen) atoms. The number of hydrogen-bond acceptors (Lipinski definition) is 5. The molecule has 3 amide bonds. The number of nitrogens with one attached hydrogen (secondary N) is 1. The zero-order valence-corrected chi connectivity index (χ0v) is 11.7. The highest BCUT2D eigenvalue weighted by molar-refractivity contribution is 6.22. The number of fused-ring (bicyclic) bond motifs is 1. The largest absolute Gasteiger partial charge is 0.481 e. The van der Waals surface area contributed by atoms with Crippen LogP contribution < -0.4 is 5.43 Å². The topological polar surface area (TPSA) is 116 Å². The second kappa shape index (κ2) is 6.17. The summed E-state index contributed by atoms with van der Waals surface area (Å²) in [6, 6.07) is 6.47. The summed E-state index contributed by atoms with van der Waals surface area (Å²) in [5, 5.41) is 12.1. The molecule has 1 aliphatic rings. The Labute approximate surface area is 125 Å². The van der Waals surface area contributed by atoms with Crippen molar-refractivity contribution < 1.29 is 24.3 Å². The lowest BCUT2D eigenvalue weighted by molar-refractivity contribution is -0.140. The van der Waals surface area contributed by atoms with Crippen molar-refractivity contribution in [2.45, 2.75) is 13.3 Å². The number of aliphatic carboxylic acids is 1. The molecule has 0 saturated carbocycles. The second-order valence-corrected chi connectivity index (χ2v) is 4.69. The molecule has 1 heterocycles. The quantitative estimate of drug-likeness (QED) is 0.350. The third kappa shape index (κ3) is 3.17. The van der Waals surface area contributed by atoms with Crippen molar-refractivity contribution in [1.82, 2.24) is 10.3 Å². The van der Waals surface area contributed by atoms with Gasteiger partial charge in [-0.2, -0.15) is 5.10 Å². The first kappa shape index (κ1) is 15.4. The third-order valence-corrected chi connectivity index (χ3v) is 2.95. The highest BCUT2D eigenvalue weighted by atomic mass is 16.4.